The summed E-state index contributed by atoms with van der Waals surface area (Å²) in [6.07, 6.45) is 10.9. The van der Waals surface area contributed by atoms with Crippen LogP contribution < -0.4 is 10.4 Å². The molecule has 38 heavy (non-hydrogen) atoms. The summed E-state index contributed by atoms with van der Waals surface area (Å²) < 4.78 is 7.64. The van der Waals surface area contributed by atoms with Gasteiger partial charge in [0.25, 0.3) is 8.32 Å². The van der Waals surface area contributed by atoms with Crippen molar-refractivity contribution in [1.29, 1.82) is 0 Å². The zero-order chi connectivity index (χ0) is 26.8. The molecule has 2 nitrogen and oxygen atoms in total. The Morgan fingerprint density at radius 3 is 2.05 bits per heavy atom. The molecule has 7 atom stereocenters. The second-order valence-corrected chi connectivity index (χ2v) is 19.2. The number of fused-ring (bicyclic) bond motifs is 5. The molecule has 0 aliphatic heterocycles. The second-order valence-electron chi connectivity index (χ2n) is 14.9. The summed E-state index contributed by atoms with van der Waals surface area (Å²) in [6, 6.07) is 22.3. The van der Waals surface area contributed by atoms with Crippen LogP contribution in [0.25, 0.3) is 0 Å². The first-order valence-corrected chi connectivity index (χ1v) is 17.3. The molecule has 3 heteroatoms. The molecule has 4 fully saturated rings. The average molecular weight is 529 g/mol. The van der Waals surface area contributed by atoms with Crippen molar-refractivity contribution in [3.63, 3.8) is 0 Å². The van der Waals surface area contributed by atoms with Gasteiger partial charge in [-0.2, -0.15) is 0 Å². The monoisotopic (exact) mass is 528 g/mol. The number of benzene rings is 2. The van der Waals surface area contributed by atoms with E-state index in [0.29, 0.717) is 23.2 Å². The van der Waals surface area contributed by atoms with Crippen LogP contribution >= 0.6 is 0 Å². The molecule has 4 aliphatic carbocycles. The number of carbonyl (C=O) groups excluding carboxylic acids is 1. The largest absolute Gasteiger partial charge is 0.404 e. The Morgan fingerprint density at radius 2 is 1.45 bits per heavy atom. The number of ketones is 1. The van der Waals surface area contributed by atoms with Gasteiger partial charge in [-0.1, -0.05) is 95.3 Å². The normalized spacial score (nSPS) is 37.3. The molecule has 0 heterocycles. The van der Waals surface area contributed by atoms with Gasteiger partial charge in [-0.15, -0.1) is 0 Å². The van der Waals surface area contributed by atoms with Crippen LogP contribution in [0, 0.1) is 34.5 Å². The smallest absolute Gasteiger partial charge is 0.261 e. The van der Waals surface area contributed by atoms with Crippen molar-refractivity contribution < 1.29 is 9.22 Å². The van der Waals surface area contributed by atoms with Crippen LogP contribution in [0.5, 0.6) is 0 Å². The average Bonchev–Trinajstić information content (AvgIpc) is 3.21. The highest BCUT2D eigenvalue weighted by molar-refractivity contribution is 6.99. The third kappa shape index (κ3) is 4.10. The Labute approximate surface area is 232 Å². The molecular weight excluding hydrogens is 480 g/mol. The van der Waals surface area contributed by atoms with Gasteiger partial charge in [0.05, 0.1) is 0 Å². The lowest BCUT2D eigenvalue weighted by molar-refractivity contribution is -0.119. The Morgan fingerprint density at radius 1 is 0.816 bits per heavy atom. The summed E-state index contributed by atoms with van der Waals surface area (Å²) in [5, 5.41) is 2.82. The summed E-state index contributed by atoms with van der Waals surface area (Å²) in [7, 11) is -2.52. The van der Waals surface area contributed by atoms with E-state index in [0.717, 1.165) is 30.6 Å². The van der Waals surface area contributed by atoms with Gasteiger partial charge < -0.3 is 4.43 Å². The predicted molar refractivity (Wildman–Crippen MR) is 159 cm³/mol. The molecule has 0 amide bonds. The van der Waals surface area contributed by atoms with Crippen molar-refractivity contribution in [2.45, 2.75) is 104 Å². The molecule has 0 saturated heterocycles. The fourth-order valence-corrected chi connectivity index (χ4v) is 14.8. The quantitative estimate of drug-likeness (QED) is 0.383. The van der Waals surface area contributed by atoms with Crippen molar-refractivity contribution in [1.82, 2.24) is 0 Å². The number of carbonyl (C=O) groups is 1. The van der Waals surface area contributed by atoms with Crippen molar-refractivity contribution >= 4 is 24.5 Å². The van der Waals surface area contributed by atoms with Gasteiger partial charge in [0.1, 0.15) is 5.78 Å². The van der Waals surface area contributed by atoms with Crippen LogP contribution in [0.4, 0.5) is 0 Å². The highest BCUT2D eigenvalue weighted by Crippen LogP contribution is 2.66. The summed E-state index contributed by atoms with van der Waals surface area (Å²) in [5.74, 6) is 3.46. The number of hydrogen-bond acceptors (Lipinski definition) is 2. The first-order valence-electron chi connectivity index (χ1n) is 15.4. The van der Waals surface area contributed by atoms with E-state index in [-0.39, 0.29) is 10.5 Å². The summed E-state index contributed by atoms with van der Waals surface area (Å²) in [4.78, 5) is 12.5. The topological polar surface area (TPSA) is 26.3 Å². The Kier molecular flexibility index (Phi) is 6.59. The van der Waals surface area contributed by atoms with Crippen LogP contribution in [0.3, 0.4) is 0 Å². The minimum Gasteiger partial charge on any atom is -0.404 e. The highest BCUT2D eigenvalue weighted by Gasteiger charge is 2.60. The number of rotatable bonds is 4. The van der Waals surface area contributed by atoms with E-state index >= 15 is 0 Å². The van der Waals surface area contributed by atoms with Gasteiger partial charge in [0, 0.05) is 18.9 Å². The Hall–Kier alpha value is -1.71. The predicted octanol–water partition coefficient (Wildman–Crippen LogP) is 7.54. The van der Waals surface area contributed by atoms with Crippen molar-refractivity contribution in [2.24, 2.45) is 34.5 Å². The second kappa shape index (κ2) is 9.44. The van der Waals surface area contributed by atoms with Gasteiger partial charge in [-0.3, -0.25) is 4.79 Å². The summed E-state index contributed by atoms with van der Waals surface area (Å²) in [5.41, 5.74) is 0.687. The van der Waals surface area contributed by atoms with Gasteiger partial charge >= 0.3 is 0 Å². The standard InChI is InChI=1S/C35H48O2Si/c1-33(2,3)38(28-12-8-6-9-13-28,29-14-10-7-11-15-29)37-27-18-21-35(5)25(22-27)16-17-30-31(35)19-20-34(4)24-26(36)23-32(30)34/h6-15,25,27,30-32H,16-24H2,1-5H3/t25?,27?,30-,31-,32+,34-,35+/m1/s1. The van der Waals surface area contributed by atoms with E-state index in [9.17, 15) is 4.79 Å². The Bertz CT molecular complexity index is 1110. The van der Waals surface area contributed by atoms with E-state index in [1.165, 1.54) is 55.3 Å². The highest BCUT2D eigenvalue weighted by atomic mass is 28.4. The molecule has 4 saturated carbocycles. The van der Waals surface area contributed by atoms with Gasteiger partial charge in [-0.25, -0.2) is 0 Å². The lowest BCUT2D eigenvalue weighted by Gasteiger charge is -2.61. The molecule has 6 rings (SSSR count). The Balaban J connectivity index is 1.29. The molecule has 0 bridgehead atoms. The van der Waals surface area contributed by atoms with E-state index in [1.807, 2.05) is 0 Å². The van der Waals surface area contributed by atoms with Crippen LogP contribution in [-0.4, -0.2) is 20.2 Å². The summed E-state index contributed by atoms with van der Waals surface area (Å²) >= 11 is 0. The minimum atomic E-state index is -2.52. The number of Topliss-reactive ketones (excluding diaryl/α,β-unsaturated/α-hetero) is 1. The first kappa shape index (κ1) is 26.5. The maximum atomic E-state index is 12.5. The molecule has 0 N–H and O–H groups in total. The van der Waals surface area contributed by atoms with E-state index in [2.05, 4.69) is 95.3 Å². The van der Waals surface area contributed by atoms with Crippen molar-refractivity contribution in [2.75, 3.05) is 0 Å². The molecule has 0 radical (unpaired) electrons. The van der Waals surface area contributed by atoms with Gasteiger partial charge in [-0.05, 0) is 94.9 Å². The number of hydrogen-bond donors (Lipinski definition) is 0. The molecule has 4 aliphatic rings. The van der Waals surface area contributed by atoms with E-state index in [1.54, 1.807) is 0 Å². The molecule has 204 valence electrons. The van der Waals surface area contributed by atoms with Gasteiger partial charge in [0.15, 0.2) is 0 Å². The van der Waals surface area contributed by atoms with E-state index in [4.69, 9.17) is 4.43 Å². The van der Waals surface area contributed by atoms with Crippen LogP contribution in [-0.2, 0) is 9.22 Å². The lowest BCUT2D eigenvalue weighted by atomic mass is 9.45. The minimum absolute atomic E-state index is 0.0248. The van der Waals surface area contributed by atoms with Gasteiger partial charge in [0.2, 0.25) is 0 Å². The van der Waals surface area contributed by atoms with Crippen LogP contribution in [0.1, 0.15) is 92.4 Å². The zero-order valence-corrected chi connectivity index (χ0v) is 25.3. The molecule has 2 aromatic carbocycles. The zero-order valence-electron chi connectivity index (χ0n) is 24.3. The fraction of sp³-hybridized carbons (Fsp3) is 0.629. The van der Waals surface area contributed by atoms with E-state index < -0.39 is 8.32 Å². The molecule has 0 aromatic heterocycles. The maximum absolute atomic E-state index is 12.5. The summed E-state index contributed by atoms with van der Waals surface area (Å²) in [6.45, 7) is 12.3. The van der Waals surface area contributed by atoms with Crippen molar-refractivity contribution in [3.05, 3.63) is 60.7 Å². The molecule has 2 unspecified atom stereocenters. The van der Waals surface area contributed by atoms with Crippen LogP contribution in [0.15, 0.2) is 60.7 Å². The maximum Gasteiger partial charge on any atom is 0.261 e. The lowest BCUT2D eigenvalue weighted by Crippen LogP contribution is -2.68. The molecule has 2 aromatic rings. The SMILES string of the molecule is CC(C)(C)[Si](OC1CC[C@@]2(C)C(CC[C@@H]3[C@H]2CC[C@]2(C)CC(=O)C[C@@H]32)C1)(c1ccccc1)c1ccccc1. The third-order valence-electron chi connectivity index (χ3n) is 11.9. The molecular formula is C35H48O2Si. The third-order valence-corrected chi connectivity index (χ3v) is 17.0. The first-order chi connectivity index (χ1) is 18.1. The van der Waals surface area contributed by atoms with Crippen LogP contribution in [0.2, 0.25) is 5.04 Å². The molecule has 0 spiro atoms. The fourth-order valence-electron chi connectivity index (χ4n) is 10.0. The van der Waals surface area contributed by atoms with Crippen molar-refractivity contribution in [3.8, 4) is 0 Å².